The molecule has 5 aromatic rings. The van der Waals surface area contributed by atoms with E-state index in [1.807, 2.05) is 49.5 Å². The zero-order chi connectivity index (χ0) is 21.1. The van der Waals surface area contributed by atoms with Crippen LogP contribution in [-0.2, 0) is 6.61 Å². The van der Waals surface area contributed by atoms with E-state index in [0.29, 0.717) is 23.3 Å². The van der Waals surface area contributed by atoms with E-state index in [1.54, 1.807) is 11.8 Å². The number of para-hydroxylation sites is 1. The molecule has 1 aliphatic rings. The van der Waals surface area contributed by atoms with Crippen LogP contribution in [0.4, 0.5) is 0 Å². The van der Waals surface area contributed by atoms with Crippen molar-refractivity contribution in [1.82, 2.24) is 20.0 Å². The van der Waals surface area contributed by atoms with E-state index >= 15 is 0 Å². The number of hydrogen-bond donors (Lipinski definition) is 1. The van der Waals surface area contributed by atoms with Gasteiger partial charge in [0, 0.05) is 31.6 Å². The Balaban J connectivity index is 1.48. The lowest BCUT2D eigenvalue weighted by atomic mass is 10.1. The summed E-state index contributed by atoms with van der Waals surface area (Å²) in [6.07, 6.45) is 1.92. The van der Waals surface area contributed by atoms with E-state index in [4.69, 9.17) is 4.74 Å². The van der Waals surface area contributed by atoms with Gasteiger partial charge in [-0.05, 0) is 43.3 Å². The first-order chi connectivity index (χ1) is 15.1. The number of rotatable bonds is 3. The van der Waals surface area contributed by atoms with Crippen LogP contribution in [0.25, 0.3) is 27.6 Å². The van der Waals surface area contributed by atoms with Crippen molar-refractivity contribution in [1.29, 1.82) is 0 Å². The summed E-state index contributed by atoms with van der Waals surface area (Å²) in [5.74, 6) is 0.658. The van der Waals surface area contributed by atoms with Crippen molar-refractivity contribution in [2.75, 3.05) is 0 Å². The number of nitrogens with one attached hydrogen (secondary N) is 1. The Morgan fingerprint density at radius 3 is 2.94 bits per heavy atom. The molecule has 2 aromatic heterocycles. The molecular weight excluding hydrogens is 476 g/mol. The first kappa shape index (κ1) is 18.7. The van der Waals surface area contributed by atoms with Crippen molar-refractivity contribution in [3.63, 3.8) is 0 Å². The molecule has 0 spiro atoms. The van der Waals surface area contributed by atoms with Crippen molar-refractivity contribution in [3.05, 3.63) is 80.6 Å². The van der Waals surface area contributed by atoms with Gasteiger partial charge in [0.15, 0.2) is 5.43 Å². The molecule has 1 aliphatic heterocycles. The third-order valence-electron chi connectivity index (χ3n) is 5.44. The molecule has 152 valence electrons. The number of benzene rings is 3. The van der Waals surface area contributed by atoms with Gasteiger partial charge < -0.3 is 9.30 Å². The molecule has 0 fully saturated rings. The summed E-state index contributed by atoms with van der Waals surface area (Å²) >= 11 is 5.21. The fourth-order valence-corrected chi connectivity index (χ4v) is 5.44. The lowest BCUT2D eigenvalue weighted by Crippen LogP contribution is -2.14. The van der Waals surface area contributed by atoms with Gasteiger partial charge in [0.25, 0.3) is 0 Å². The standard InChI is InChI=1S/C23H15BrN4O2S/c1-12-10-28-18-7-14(24)5-6-19(18)31-20-9-15(8-16(22(20)28)23(12)29)30-11-13-3-2-4-17-21(13)26-27-25-17/h2-10H,11H2,1H3,(H,25,26,27). The number of aromatic nitrogens is 4. The monoisotopic (exact) mass is 490 g/mol. The molecule has 6 nitrogen and oxygen atoms in total. The summed E-state index contributed by atoms with van der Waals surface area (Å²) < 4.78 is 9.25. The van der Waals surface area contributed by atoms with Gasteiger partial charge in [0.1, 0.15) is 23.4 Å². The van der Waals surface area contributed by atoms with Gasteiger partial charge in [-0.25, -0.2) is 0 Å². The number of H-pyrrole nitrogens is 1. The summed E-state index contributed by atoms with van der Waals surface area (Å²) in [6, 6.07) is 15.9. The van der Waals surface area contributed by atoms with Crippen LogP contribution in [0, 0.1) is 6.92 Å². The van der Waals surface area contributed by atoms with E-state index in [0.717, 1.165) is 42.1 Å². The van der Waals surface area contributed by atoms with E-state index < -0.39 is 0 Å². The van der Waals surface area contributed by atoms with E-state index in [9.17, 15) is 4.79 Å². The minimum atomic E-state index is 0.0237. The Kier molecular flexibility index (Phi) is 4.19. The largest absolute Gasteiger partial charge is 0.489 e. The SMILES string of the molecule is Cc1cn2c3c(cc(OCc4cccc5n[nH]nc45)cc3c1=O)Sc1ccc(Br)cc1-2. The molecule has 0 bridgehead atoms. The van der Waals surface area contributed by atoms with Gasteiger partial charge in [-0.15, -0.1) is 0 Å². The Morgan fingerprint density at radius 1 is 1.13 bits per heavy atom. The average molecular weight is 491 g/mol. The maximum atomic E-state index is 13.0. The van der Waals surface area contributed by atoms with Gasteiger partial charge in [0.05, 0.1) is 16.6 Å². The van der Waals surface area contributed by atoms with Gasteiger partial charge in [0.2, 0.25) is 0 Å². The third kappa shape index (κ3) is 2.97. The fraction of sp³-hybridized carbons (Fsp3) is 0.0870. The zero-order valence-corrected chi connectivity index (χ0v) is 18.8. The van der Waals surface area contributed by atoms with Crippen LogP contribution in [0.2, 0.25) is 0 Å². The average Bonchev–Trinajstić information content (AvgIpc) is 3.25. The number of hydrogen-bond acceptors (Lipinski definition) is 5. The van der Waals surface area contributed by atoms with Gasteiger partial charge >= 0.3 is 0 Å². The molecule has 1 N–H and O–H groups in total. The maximum Gasteiger partial charge on any atom is 0.192 e. The van der Waals surface area contributed by atoms with Gasteiger partial charge in [-0.2, -0.15) is 15.4 Å². The molecule has 31 heavy (non-hydrogen) atoms. The summed E-state index contributed by atoms with van der Waals surface area (Å²) in [5.41, 5.74) is 5.22. The van der Waals surface area contributed by atoms with Crippen molar-refractivity contribution >= 4 is 49.6 Å². The minimum absolute atomic E-state index is 0.0237. The third-order valence-corrected chi connectivity index (χ3v) is 7.03. The maximum absolute atomic E-state index is 13.0. The molecular formula is C23H15BrN4O2S. The van der Waals surface area contributed by atoms with Crippen LogP contribution >= 0.6 is 27.7 Å². The number of aromatic amines is 1. The first-order valence-electron chi connectivity index (χ1n) is 9.67. The van der Waals surface area contributed by atoms with E-state index in [2.05, 4.69) is 48.0 Å². The van der Waals surface area contributed by atoms with Crippen LogP contribution in [0.15, 0.2) is 73.8 Å². The molecule has 0 radical (unpaired) electrons. The topological polar surface area (TPSA) is 72.8 Å². The number of pyridine rings is 1. The molecule has 0 unspecified atom stereocenters. The zero-order valence-electron chi connectivity index (χ0n) is 16.3. The Bertz CT molecular complexity index is 1570. The lowest BCUT2D eigenvalue weighted by molar-refractivity contribution is 0.307. The Hall–Kier alpha value is -3.10. The number of ether oxygens (including phenoxy) is 1. The van der Waals surface area contributed by atoms with Crippen LogP contribution in [0.5, 0.6) is 5.75 Å². The summed E-state index contributed by atoms with van der Waals surface area (Å²) in [7, 11) is 0. The normalized spacial score (nSPS) is 12.3. The molecule has 0 aliphatic carbocycles. The van der Waals surface area contributed by atoms with Gasteiger partial charge in [-0.1, -0.05) is 39.8 Å². The van der Waals surface area contributed by atoms with E-state index in [1.165, 1.54) is 0 Å². The van der Waals surface area contributed by atoms with Crippen LogP contribution in [-0.4, -0.2) is 20.0 Å². The second kappa shape index (κ2) is 6.96. The molecule has 3 heterocycles. The van der Waals surface area contributed by atoms with Crippen LogP contribution < -0.4 is 10.2 Å². The predicted octanol–water partition coefficient (Wildman–Crippen LogP) is 5.38. The van der Waals surface area contributed by atoms with Crippen LogP contribution in [0.1, 0.15) is 11.1 Å². The predicted molar refractivity (Wildman–Crippen MR) is 124 cm³/mol. The van der Waals surface area contributed by atoms with Crippen molar-refractivity contribution < 1.29 is 4.74 Å². The molecule has 6 rings (SSSR count). The second-order valence-electron chi connectivity index (χ2n) is 7.44. The molecule has 3 aromatic carbocycles. The number of halogens is 1. The van der Waals surface area contributed by atoms with Crippen molar-refractivity contribution in [2.45, 2.75) is 23.3 Å². The highest BCUT2D eigenvalue weighted by molar-refractivity contribution is 9.10. The number of aryl methyl sites for hydroxylation is 1. The molecule has 0 amide bonds. The highest BCUT2D eigenvalue weighted by Crippen LogP contribution is 2.44. The molecule has 0 saturated heterocycles. The quantitative estimate of drug-likeness (QED) is 0.360. The molecule has 8 heteroatoms. The summed E-state index contributed by atoms with van der Waals surface area (Å²) in [4.78, 5) is 15.1. The lowest BCUT2D eigenvalue weighted by Gasteiger charge is -2.24. The number of nitrogens with zero attached hydrogens (tertiary/aromatic N) is 3. The summed E-state index contributed by atoms with van der Waals surface area (Å²) in [5, 5.41) is 11.7. The van der Waals surface area contributed by atoms with Crippen molar-refractivity contribution in [3.8, 4) is 11.4 Å². The molecule has 0 atom stereocenters. The Morgan fingerprint density at radius 2 is 2.03 bits per heavy atom. The van der Waals surface area contributed by atoms with E-state index in [-0.39, 0.29) is 5.43 Å². The minimum Gasteiger partial charge on any atom is -0.489 e. The highest BCUT2D eigenvalue weighted by Gasteiger charge is 2.22. The Labute approximate surface area is 189 Å². The number of fused-ring (bicyclic) bond motifs is 3. The van der Waals surface area contributed by atoms with Crippen molar-refractivity contribution in [2.24, 2.45) is 0 Å². The van der Waals surface area contributed by atoms with Crippen LogP contribution in [0.3, 0.4) is 0 Å². The fourth-order valence-electron chi connectivity index (χ4n) is 3.97. The van der Waals surface area contributed by atoms with Gasteiger partial charge in [-0.3, -0.25) is 4.79 Å². The second-order valence-corrected chi connectivity index (χ2v) is 9.44. The smallest absolute Gasteiger partial charge is 0.192 e. The first-order valence-corrected chi connectivity index (χ1v) is 11.3. The summed E-state index contributed by atoms with van der Waals surface area (Å²) in [6.45, 7) is 2.19. The highest BCUT2D eigenvalue weighted by atomic mass is 79.9. The molecule has 0 saturated carbocycles.